The number of imide groups is 1. The third kappa shape index (κ3) is 2.61. The number of sulfonamides is 1. The van der Waals surface area contributed by atoms with E-state index in [-0.39, 0.29) is 21.8 Å². The molecule has 0 radical (unpaired) electrons. The number of hydrogen-bond acceptors (Lipinski definition) is 5. The number of anilines is 1. The summed E-state index contributed by atoms with van der Waals surface area (Å²) in [4.78, 5) is 25.9. The number of aryl methyl sites for hydroxylation is 1. The van der Waals surface area contributed by atoms with E-state index >= 15 is 0 Å². The molecule has 0 bridgehead atoms. The average molecular weight is 396 g/mol. The van der Waals surface area contributed by atoms with Crippen LogP contribution < -0.4 is 4.72 Å². The molecule has 2 amide bonds. The van der Waals surface area contributed by atoms with Crippen LogP contribution in [0.1, 0.15) is 26.3 Å². The summed E-state index contributed by atoms with van der Waals surface area (Å²) >= 11 is 0. The molecule has 142 valence electrons. The van der Waals surface area contributed by atoms with Gasteiger partial charge in [0.2, 0.25) is 0 Å². The van der Waals surface area contributed by atoms with Crippen LogP contribution in [-0.4, -0.2) is 37.3 Å². The molecule has 0 spiro atoms. The lowest BCUT2D eigenvalue weighted by molar-refractivity contribution is 0.0650. The third-order valence-corrected chi connectivity index (χ3v) is 6.24. The van der Waals surface area contributed by atoms with E-state index in [4.69, 9.17) is 0 Å². The highest BCUT2D eigenvalue weighted by atomic mass is 32.2. The fourth-order valence-corrected chi connectivity index (χ4v) is 4.72. The van der Waals surface area contributed by atoms with E-state index < -0.39 is 21.8 Å². The molecular weight excluding hydrogens is 380 g/mol. The molecule has 0 aromatic heterocycles. The molecule has 0 saturated carbocycles. The highest BCUT2D eigenvalue weighted by molar-refractivity contribution is 7.93. The van der Waals surface area contributed by atoms with E-state index in [0.717, 1.165) is 4.90 Å². The standard InChI is InChI=1S/C20H16N2O5S/c1-11-10-12(23)6-8-16(11)21-28(26,27)17-9-7-15-18-13(17)4-3-5-14(18)19(24)22(2)20(15)25/h3-10,21,23H,1-2H3. The summed E-state index contributed by atoms with van der Waals surface area (Å²) < 4.78 is 28.6. The van der Waals surface area contributed by atoms with Gasteiger partial charge in [-0.1, -0.05) is 12.1 Å². The van der Waals surface area contributed by atoms with Crippen LogP contribution in [0, 0.1) is 6.92 Å². The van der Waals surface area contributed by atoms with E-state index in [1.807, 2.05) is 0 Å². The Morgan fingerprint density at radius 3 is 2.32 bits per heavy atom. The number of nitrogens with one attached hydrogen (secondary N) is 1. The predicted octanol–water partition coefficient (Wildman–Crippen LogP) is 2.88. The molecule has 8 heteroatoms. The van der Waals surface area contributed by atoms with Crippen molar-refractivity contribution in [1.82, 2.24) is 4.90 Å². The van der Waals surface area contributed by atoms with E-state index in [0.29, 0.717) is 22.0 Å². The monoisotopic (exact) mass is 396 g/mol. The Balaban J connectivity index is 1.91. The number of aromatic hydroxyl groups is 1. The Hall–Kier alpha value is -3.39. The number of phenols is 1. The van der Waals surface area contributed by atoms with Crippen molar-refractivity contribution in [3.63, 3.8) is 0 Å². The molecule has 0 fully saturated rings. The molecule has 0 atom stereocenters. The topological polar surface area (TPSA) is 104 Å². The van der Waals surface area contributed by atoms with Crippen LogP contribution in [0.3, 0.4) is 0 Å². The summed E-state index contributed by atoms with van der Waals surface area (Å²) in [5.41, 5.74) is 1.45. The molecule has 28 heavy (non-hydrogen) atoms. The highest BCUT2D eigenvalue weighted by Gasteiger charge is 2.32. The van der Waals surface area contributed by atoms with Crippen LogP contribution >= 0.6 is 0 Å². The van der Waals surface area contributed by atoms with Gasteiger partial charge in [-0.05, 0) is 48.9 Å². The van der Waals surface area contributed by atoms with Crippen molar-refractivity contribution in [3.05, 3.63) is 65.2 Å². The molecule has 3 aromatic rings. The molecule has 0 unspecified atom stereocenters. The maximum Gasteiger partial charge on any atom is 0.262 e. The van der Waals surface area contributed by atoms with Gasteiger partial charge in [-0.15, -0.1) is 0 Å². The summed E-state index contributed by atoms with van der Waals surface area (Å²) in [6, 6.07) is 11.8. The minimum Gasteiger partial charge on any atom is -0.508 e. The smallest absolute Gasteiger partial charge is 0.262 e. The second kappa shape index (κ2) is 6.07. The molecule has 1 heterocycles. The van der Waals surface area contributed by atoms with Gasteiger partial charge in [-0.3, -0.25) is 19.2 Å². The summed E-state index contributed by atoms with van der Waals surface area (Å²) in [6.07, 6.45) is 0. The molecule has 7 nitrogen and oxygen atoms in total. The maximum absolute atomic E-state index is 13.1. The van der Waals surface area contributed by atoms with Crippen LogP contribution in [0.2, 0.25) is 0 Å². The number of amides is 2. The minimum absolute atomic E-state index is 0.0307. The van der Waals surface area contributed by atoms with Gasteiger partial charge in [0.25, 0.3) is 21.8 Å². The number of carbonyl (C=O) groups excluding carboxylic acids is 2. The molecule has 4 rings (SSSR count). The summed E-state index contributed by atoms with van der Waals surface area (Å²) in [6.45, 7) is 1.67. The average Bonchev–Trinajstić information content (AvgIpc) is 2.66. The van der Waals surface area contributed by atoms with Crippen molar-refractivity contribution in [1.29, 1.82) is 0 Å². The van der Waals surface area contributed by atoms with Crippen molar-refractivity contribution in [2.24, 2.45) is 0 Å². The number of phenolic OH excluding ortho intramolecular Hbond substituents is 1. The Kier molecular flexibility index (Phi) is 3.90. The van der Waals surface area contributed by atoms with Gasteiger partial charge in [0.1, 0.15) is 5.75 Å². The first-order chi connectivity index (χ1) is 13.2. The largest absolute Gasteiger partial charge is 0.508 e. The molecule has 0 aliphatic carbocycles. The van der Waals surface area contributed by atoms with Crippen molar-refractivity contribution in [2.45, 2.75) is 11.8 Å². The lowest BCUT2D eigenvalue weighted by Crippen LogP contribution is -2.37. The summed E-state index contributed by atoms with van der Waals surface area (Å²) in [5.74, 6) is -0.914. The SMILES string of the molecule is Cc1cc(O)ccc1NS(=O)(=O)c1ccc2c3c(cccc13)C(=O)N(C)C2=O. The quantitative estimate of drug-likeness (QED) is 0.523. The first-order valence-corrected chi connectivity index (χ1v) is 9.89. The number of carbonyl (C=O) groups is 2. The molecule has 0 saturated heterocycles. The van der Waals surface area contributed by atoms with Crippen LogP contribution in [0.4, 0.5) is 5.69 Å². The molecule has 2 N–H and O–H groups in total. The first-order valence-electron chi connectivity index (χ1n) is 8.41. The van der Waals surface area contributed by atoms with E-state index in [1.54, 1.807) is 25.1 Å². The fraction of sp³-hybridized carbons (Fsp3) is 0.100. The third-order valence-electron chi connectivity index (χ3n) is 4.81. The second-order valence-electron chi connectivity index (χ2n) is 6.61. The van der Waals surface area contributed by atoms with Crippen LogP contribution in [-0.2, 0) is 10.0 Å². The van der Waals surface area contributed by atoms with Crippen LogP contribution in [0.15, 0.2) is 53.4 Å². The van der Waals surface area contributed by atoms with Gasteiger partial charge in [-0.25, -0.2) is 8.42 Å². The molecular formula is C20H16N2O5S. The predicted molar refractivity (Wildman–Crippen MR) is 104 cm³/mol. The zero-order valence-corrected chi connectivity index (χ0v) is 15.9. The number of nitrogens with zero attached hydrogens (tertiary/aromatic N) is 1. The number of hydrogen-bond donors (Lipinski definition) is 2. The molecule has 1 aliphatic heterocycles. The highest BCUT2D eigenvalue weighted by Crippen LogP contribution is 2.34. The summed E-state index contributed by atoms with van der Waals surface area (Å²) in [5, 5.41) is 10.1. The lowest BCUT2D eigenvalue weighted by atomic mass is 9.94. The maximum atomic E-state index is 13.1. The fourth-order valence-electron chi connectivity index (χ4n) is 3.39. The van der Waals surface area contributed by atoms with Crippen molar-refractivity contribution in [2.75, 3.05) is 11.8 Å². The van der Waals surface area contributed by atoms with Crippen molar-refractivity contribution < 1.29 is 23.1 Å². The van der Waals surface area contributed by atoms with Gasteiger partial charge in [0.15, 0.2) is 0 Å². The Labute approximate surface area is 161 Å². The Morgan fingerprint density at radius 2 is 1.64 bits per heavy atom. The zero-order valence-electron chi connectivity index (χ0n) is 15.1. The molecule has 1 aliphatic rings. The van der Waals surface area contributed by atoms with Gasteiger partial charge in [0.05, 0.1) is 10.6 Å². The Morgan fingerprint density at radius 1 is 0.964 bits per heavy atom. The van der Waals surface area contributed by atoms with Gasteiger partial charge in [0, 0.05) is 28.9 Å². The summed E-state index contributed by atoms with van der Waals surface area (Å²) in [7, 11) is -2.61. The normalized spacial score (nSPS) is 13.9. The Bertz CT molecular complexity index is 1260. The van der Waals surface area contributed by atoms with E-state index in [2.05, 4.69) is 4.72 Å². The van der Waals surface area contributed by atoms with Gasteiger partial charge >= 0.3 is 0 Å². The van der Waals surface area contributed by atoms with Crippen molar-refractivity contribution >= 4 is 38.3 Å². The van der Waals surface area contributed by atoms with Crippen molar-refractivity contribution in [3.8, 4) is 5.75 Å². The number of rotatable bonds is 3. The van der Waals surface area contributed by atoms with Gasteiger partial charge in [-0.2, -0.15) is 0 Å². The van der Waals surface area contributed by atoms with E-state index in [9.17, 15) is 23.1 Å². The second-order valence-corrected chi connectivity index (χ2v) is 8.26. The first kappa shape index (κ1) is 18.0. The minimum atomic E-state index is -4.01. The molecule has 3 aromatic carbocycles. The number of benzene rings is 3. The van der Waals surface area contributed by atoms with Crippen LogP contribution in [0.5, 0.6) is 5.75 Å². The lowest BCUT2D eigenvalue weighted by Gasteiger charge is -2.24. The zero-order chi connectivity index (χ0) is 20.2. The van der Waals surface area contributed by atoms with Gasteiger partial charge < -0.3 is 5.11 Å². The van der Waals surface area contributed by atoms with Crippen LogP contribution in [0.25, 0.3) is 10.8 Å². The van der Waals surface area contributed by atoms with E-state index in [1.165, 1.54) is 37.4 Å².